The number of hydrogen-bond donors (Lipinski definition) is 3. The number of likely N-dealkylation sites (tertiary alicyclic amines) is 1. The van der Waals surface area contributed by atoms with Crippen LogP contribution in [0.3, 0.4) is 0 Å². The maximum atomic E-state index is 15.2. The van der Waals surface area contributed by atoms with E-state index in [2.05, 4.69) is 30.7 Å². The minimum absolute atomic E-state index is 0.211. The number of urea groups is 1. The van der Waals surface area contributed by atoms with Crippen LogP contribution in [0.1, 0.15) is 28.8 Å². The number of carbonyl (C=O) groups excluding carboxylic acids is 2. The maximum absolute atomic E-state index is 15.2. The fourth-order valence-electron chi connectivity index (χ4n) is 5.48. The number of fused-ring (bicyclic) bond motifs is 3. The van der Waals surface area contributed by atoms with Crippen molar-refractivity contribution in [2.75, 3.05) is 64.8 Å². The predicted octanol–water partition coefficient (Wildman–Crippen LogP) is 3.19. The number of amides is 2. The van der Waals surface area contributed by atoms with Crippen molar-refractivity contribution >= 4 is 17.5 Å². The van der Waals surface area contributed by atoms with Crippen molar-refractivity contribution in [3.63, 3.8) is 0 Å². The van der Waals surface area contributed by atoms with Crippen LogP contribution in [0.4, 0.5) is 14.9 Å². The Morgan fingerprint density at radius 3 is 2.62 bits per heavy atom. The zero-order valence-corrected chi connectivity index (χ0v) is 21.9. The quantitative estimate of drug-likeness (QED) is 0.335. The van der Waals surface area contributed by atoms with Gasteiger partial charge in [-0.05, 0) is 51.2 Å². The molecule has 3 N–H and O–H groups in total. The molecule has 2 aromatic carbocycles. The molecular weight excluding hydrogens is 501 g/mol. The molecule has 1 aliphatic carbocycles. The number of piperazine rings is 1. The van der Waals surface area contributed by atoms with Gasteiger partial charge < -0.3 is 15.0 Å². The van der Waals surface area contributed by atoms with E-state index in [1.54, 1.807) is 30.3 Å². The first-order valence-electron chi connectivity index (χ1n) is 13.4. The van der Waals surface area contributed by atoms with Gasteiger partial charge in [0.15, 0.2) is 5.78 Å². The minimum atomic E-state index is -0.517. The van der Waals surface area contributed by atoms with Crippen LogP contribution in [0, 0.1) is 5.82 Å². The van der Waals surface area contributed by atoms with Gasteiger partial charge in [-0.25, -0.2) is 14.2 Å². The second kappa shape index (κ2) is 10.8. The van der Waals surface area contributed by atoms with Gasteiger partial charge in [-0.2, -0.15) is 5.10 Å². The van der Waals surface area contributed by atoms with E-state index in [9.17, 15) is 9.59 Å². The number of carbonyl (C=O) groups is 2. The highest BCUT2D eigenvalue weighted by Gasteiger charge is 2.35. The van der Waals surface area contributed by atoms with Crippen LogP contribution in [-0.2, 0) is 0 Å². The lowest BCUT2D eigenvalue weighted by Gasteiger charge is -2.32. The molecule has 2 saturated heterocycles. The molecule has 0 radical (unpaired) electrons. The molecular formula is C28H32FN7O3. The molecule has 10 nitrogen and oxygen atoms in total. The van der Waals surface area contributed by atoms with Crippen molar-refractivity contribution in [1.29, 1.82) is 0 Å². The molecule has 3 heterocycles. The van der Waals surface area contributed by atoms with Crippen molar-refractivity contribution in [3.8, 4) is 28.3 Å². The van der Waals surface area contributed by atoms with Crippen LogP contribution in [0.15, 0.2) is 36.4 Å². The number of rotatable bonds is 7. The van der Waals surface area contributed by atoms with Crippen LogP contribution in [-0.4, -0.2) is 96.3 Å². The molecule has 2 amide bonds. The van der Waals surface area contributed by atoms with Gasteiger partial charge in [0.25, 0.3) is 0 Å². The lowest BCUT2D eigenvalue weighted by Crippen LogP contribution is -2.53. The highest BCUT2D eigenvalue weighted by atomic mass is 19.1. The fourth-order valence-corrected chi connectivity index (χ4v) is 5.48. The Hall–Kier alpha value is -3.80. The maximum Gasteiger partial charge on any atom is 0.333 e. The van der Waals surface area contributed by atoms with Crippen molar-refractivity contribution < 1.29 is 18.7 Å². The number of ether oxygens (including phenoxy) is 1. The third kappa shape index (κ3) is 5.12. The van der Waals surface area contributed by atoms with E-state index in [0.717, 1.165) is 32.7 Å². The van der Waals surface area contributed by atoms with E-state index >= 15 is 4.39 Å². The van der Waals surface area contributed by atoms with E-state index in [4.69, 9.17) is 4.74 Å². The van der Waals surface area contributed by atoms with Gasteiger partial charge in [0.1, 0.15) is 23.9 Å². The summed E-state index contributed by atoms with van der Waals surface area (Å²) in [7, 11) is 2.04. The number of ketones is 1. The monoisotopic (exact) mass is 533 g/mol. The van der Waals surface area contributed by atoms with Gasteiger partial charge in [-0.1, -0.05) is 12.1 Å². The zero-order chi connectivity index (χ0) is 26.9. The number of halogens is 1. The molecule has 39 heavy (non-hydrogen) atoms. The Labute approximate surface area is 226 Å². The number of hydrazine groups is 1. The molecule has 6 rings (SSSR count). The Morgan fingerprint density at radius 1 is 1.05 bits per heavy atom. The largest absolute Gasteiger partial charge is 0.492 e. The molecule has 3 aliphatic rings. The smallest absolute Gasteiger partial charge is 0.333 e. The first-order valence-corrected chi connectivity index (χ1v) is 13.4. The van der Waals surface area contributed by atoms with Gasteiger partial charge in [-0.15, -0.1) is 0 Å². The van der Waals surface area contributed by atoms with Gasteiger partial charge >= 0.3 is 6.03 Å². The van der Waals surface area contributed by atoms with Crippen LogP contribution < -0.4 is 15.5 Å². The minimum Gasteiger partial charge on any atom is -0.492 e. The van der Waals surface area contributed by atoms with Crippen LogP contribution in [0.25, 0.3) is 22.5 Å². The molecule has 1 aromatic heterocycles. The third-order valence-corrected chi connectivity index (χ3v) is 7.64. The number of benzene rings is 2. The van der Waals surface area contributed by atoms with E-state index in [0.29, 0.717) is 53.5 Å². The Morgan fingerprint density at radius 2 is 1.85 bits per heavy atom. The number of H-pyrrole nitrogens is 1. The third-order valence-electron chi connectivity index (χ3n) is 7.64. The molecule has 204 valence electrons. The average Bonchev–Trinajstić information content (AvgIpc) is 3.65. The SMILES string of the molecule is CN1CCN(NC(=O)Nc2cccc3c2C(=O)c2c(-c4ccc(OCCN5CCCC5)cc4F)n[nH]c2-3)CC1. The van der Waals surface area contributed by atoms with E-state index < -0.39 is 11.8 Å². The standard InChI is InChI=1S/C28H32FN7O3/c1-34-11-13-36(14-12-34)33-28(38)30-22-6-4-5-20-23(22)27(37)24-25(31-32-26(20)24)19-8-7-18(17-21(19)29)39-16-15-35-9-2-3-10-35/h4-8,17H,2-3,9-16H2,1H3,(H,31,32)(H2,30,33,38). The summed E-state index contributed by atoms with van der Waals surface area (Å²) in [5.41, 5.74) is 5.47. The Kier molecular flexibility index (Phi) is 7.03. The zero-order valence-electron chi connectivity index (χ0n) is 21.9. The summed E-state index contributed by atoms with van der Waals surface area (Å²) in [4.78, 5) is 30.9. The predicted molar refractivity (Wildman–Crippen MR) is 145 cm³/mol. The van der Waals surface area contributed by atoms with E-state index in [-0.39, 0.29) is 17.0 Å². The Bertz CT molecular complexity index is 1390. The Balaban J connectivity index is 1.18. The first-order chi connectivity index (χ1) is 19.0. The molecule has 11 heteroatoms. The molecule has 3 aromatic rings. The summed E-state index contributed by atoms with van der Waals surface area (Å²) >= 11 is 0. The molecule has 0 bridgehead atoms. The van der Waals surface area contributed by atoms with Crippen molar-refractivity contribution in [2.24, 2.45) is 0 Å². The van der Waals surface area contributed by atoms with Crippen molar-refractivity contribution in [1.82, 2.24) is 30.4 Å². The lowest BCUT2D eigenvalue weighted by molar-refractivity contribution is 0.104. The number of nitrogens with zero attached hydrogens (tertiary/aromatic N) is 4. The summed E-state index contributed by atoms with van der Waals surface area (Å²) in [6, 6.07) is 9.46. The summed E-state index contributed by atoms with van der Waals surface area (Å²) in [5, 5.41) is 11.9. The first kappa shape index (κ1) is 25.5. The molecule has 0 saturated carbocycles. The van der Waals surface area contributed by atoms with Crippen molar-refractivity contribution in [3.05, 3.63) is 53.3 Å². The van der Waals surface area contributed by atoms with E-state index in [1.165, 1.54) is 18.9 Å². The summed E-state index contributed by atoms with van der Waals surface area (Å²) in [5.74, 6) is -0.392. The van der Waals surface area contributed by atoms with Gasteiger partial charge in [0.2, 0.25) is 0 Å². The fraction of sp³-hybridized carbons (Fsp3) is 0.393. The number of aromatic amines is 1. The molecule has 2 fully saturated rings. The molecule has 0 spiro atoms. The molecule has 0 unspecified atom stereocenters. The highest BCUT2D eigenvalue weighted by Crippen LogP contribution is 2.43. The summed E-state index contributed by atoms with van der Waals surface area (Å²) in [6.07, 6.45) is 2.42. The number of anilines is 1. The number of nitrogens with one attached hydrogen (secondary N) is 3. The van der Waals surface area contributed by atoms with Gasteiger partial charge in [0.05, 0.1) is 22.5 Å². The van der Waals surface area contributed by atoms with Gasteiger partial charge in [-0.3, -0.25) is 20.2 Å². The number of aromatic nitrogens is 2. The normalized spacial score (nSPS) is 17.7. The average molecular weight is 534 g/mol. The van der Waals surface area contributed by atoms with Crippen molar-refractivity contribution in [2.45, 2.75) is 12.8 Å². The molecule has 2 aliphatic heterocycles. The van der Waals surface area contributed by atoms with Crippen LogP contribution in [0.2, 0.25) is 0 Å². The summed E-state index contributed by atoms with van der Waals surface area (Å²) in [6.45, 7) is 6.59. The van der Waals surface area contributed by atoms with Gasteiger partial charge in [0, 0.05) is 49.9 Å². The second-order valence-corrected chi connectivity index (χ2v) is 10.3. The lowest BCUT2D eigenvalue weighted by atomic mass is 10.0. The van der Waals surface area contributed by atoms with Crippen LogP contribution >= 0.6 is 0 Å². The second-order valence-electron chi connectivity index (χ2n) is 10.3. The van der Waals surface area contributed by atoms with E-state index in [1.807, 2.05) is 12.1 Å². The number of likely N-dealkylation sites (N-methyl/N-ethyl adjacent to an activating group) is 1. The highest BCUT2D eigenvalue weighted by molar-refractivity contribution is 6.26. The molecule has 0 atom stereocenters. The summed E-state index contributed by atoms with van der Waals surface area (Å²) < 4.78 is 21.0. The number of hydrogen-bond acceptors (Lipinski definition) is 7. The van der Waals surface area contributed by atoms with Crippen LogP contribution in [0.5, 0.6) is 5.75 Å². The topological polar surface area (TPSA) is 106 Å².